The van der Waals surface area contributed by atoms with Gasteiger partial charge in [0.05, 0.1) is 5.69 Å². The van der Waals surface area contributed by atoms with Gasteiger partial charge in [-0.05, 0) is 26.0 Å². The SMILES string of the molecule is CC1(C)C=Cc2cccc(N)c2O1. The minimum absolute atomic E-state index is 0.248. The van der Waals surface area contributed by atoms with Crippen LogP contribution in [-0.2, 0) is 0 Å². The van der Waals surface area contributed by atoms with Crippen molar-refractivity contribution >= 4 is 11.8 Å². The van der Waals surface area contributed by atoms with Crippen LogP contribution in [-0.4, -0.2) is 5.60 Å². The third-order valence-electron chi connectivity index (χ3n) is 2.11. The van der Waals surface area contributed by atoms with Crippen LogP contribution in [0, 0.1) is 0 Å². The molecule has 0 fully saturated rings. The average molecular weight is 175 g/mol. The van der Waals surface area contributed by atoms with Crippen LogP contribution < -0.4 is 10.5 Å². The topological polar surface area (TPSA) is 35.2 Å². The molecule has 2 rings (SSSR count). The average Bonchev–Trinajstić information content (AvgIpc) is 2.06. The number of para-hydroxylation sites is 1. The van der Waals surface area contributed by atoms with Crippen LogP contribution in [0.25, 0.3) is 6.08 Å². The molecule has 0 radical (unpaired) electrons. The van der Waals surface area contributed by atoms with Gasteiger partial charge in [0.2, 0.25) is 0 Å². The van der Waals surface area contributed by atoms with Crippen LogP contribution in [0.3, 0.4) is 0 Å². The Bertz CT molecular complexity index is 366. The second-order valence-corrected chi connectivity index (χ2v) is 3.80. The van der Waals surface area contributed by atoms with Crippen LogP contribution in [0.1, 0.15) is 19.4 Å². The molecule has 1 aromatic rings. The molecule has 1 aromatic carbocycles. The molecular formula is C11H13NO. The van der Waals surface area contributed by atoms with Crippen molar-refractivity contribution in [1.29, 1.82) is 0 Å². The van der Waals surface area contributed by atoms with Crippen molar-refractivity contribution in [3.8, 4) is 5.75 Å². The lowest BCUT2D eigenvalue weighted by Gasteiger charge is -2.28. The summed E-state index contributed by atoms with van der Waals surface area (Å²) in [6.45, 7) is 4.03. The van der Waals surface area contributed by atoms with Crippen molar-refractivity contribution in [2.24, 2.45) is 0 Å². The van der Waals surface area contributed by atoms with Gasteiger partial charge in [0.15, 0.2) is 5.75 Å². The van der Waals surface area contributed by atoms with Crippen molar-refractivity contribution in [1.82, 2.24) is 0 Å². The zero-order valence-electron chi connectivity index (χ0n) is 7.87. The Morgan fingerprint density at radius 1 is 1.31 bits per heavy atom. The van der Waals surface area contributed by atoms with Gasteiger partial charge >= 0.3 is 0 Å². The van der Waals surface area contributed by atoms with E-state index in [1.54, 1.807) is 0 Å². The van der Waals surface area contributed by atoms with Gasteiger partial charge < -0.3 is 10.5 Å². The van der Waals surface area contributed by atoms with Gasteiger partial charge in [0.1, 0.15) is 5.60 Å². The number of hydrogen-bond donors (Lipinski definition) is 1. The van der Waals surface area contributed by atoms with E-state index >= 15 is 0 Å². The fourth-order valence-electron chi connectivity index (χ4n) is 1.41. The van der Waals surface area contributed by atoms with Crippen molar-refractivity contribution in [3.63, 3.8) is 0 Å². The molecule has 2 nitrogen and oxygen atoms in total. The summed E-state index contributed by atoms with van der Waals surface area (Å²) in [5, 5.41) is 0. The summed E-state index contributed by atoms with van der Waals surface area (Å²) in [5.74, 6) is 0.801. The van der Waals surface area contributed by atoms with Crippen molar-refractivity contribution in [3.05, 3.63) is 29.8 Å². The van der Waals surface area contributed by atoms with Gasteiger partial charge in [-0.2, -0.15) is 0 Å². The summed E-state index contributed by atoms with van der Waals surface area (Å²) in [7, 11) is 0. The van der Waals surface area contributed by atoms with E-state index in [-0.39, 0.29) is 5.60 Å². The Hall–Kier alpha value is -1.44. The zero-order valence-corrected chi connectivity index (χ0v) is 7.87. The van der Waals surface area contributed by atoms with Crippen LogP contribution in [0.15, 0.2) is 24.3 Å². The van der Waals surface area contributed by atoms with E-state index in [9.17, 15) is 0 Å². The maximum absolute atomic E-state index is 5.80. The van der Waals surface area contributed by atoms with E-state index < -0.39 is 0 Å². The molecule has 0 unspecified atom stereocenters. The van der Waals surface area contributed by atoms with Crippen LogP contribution in [0.5, 0.6) is 5.75 Å². The molecule has 0 aromatic heterocycles. The lowest BCUT2D eigenvalue weighted by molar-refractivity contribution is 0.160. The standard InChI is InChI=1S/C11H13NO/c1-11(2)7-6-8-4-3-5-9(12)10(8)13-11/h3-7H,12H2,1-2H3. The van der Waals surface area contributed by atoms with Gasteiger partial charge in [-0.25, -0.2) is 0 Å². The molecule has 0 spiro atoms. The van der Waals surface area contributed by atoms with Crippen molar-refractivity contribution in [2.75, 3.05) is 5.73 Å². The molecule has 1 heterocycles. The van der Waals surface area contributed by atoms with Crippen molar-refractivity contribution in [2.45, 2.75) is 19.4 Å². The fourth-order valence-corrected chi connectivity index (χ4v) is 1.41. The number of hydrogen-bond acceptors (Lipinski definition) is 2. The lowest BCUT2D eigenvalue weighted by Crippen LogP contribution is -2.27. The minimum Gasteiger partial charge on any atom is -0.481 e. The molecule has 1 aliphatic rings. The highest BCUT2D eigenvalue weighted by Gasteiger charge is 2.22. The molecule has 0 aliphatic carbocycles. The van der Waals surface area contributed by atoms with Gasteiger partial charge in [-0.15, -0.1) is 0 Å². The lowest BCUT2D eigenvalue weighted by atomic mass is 10.0. The minimum atomic E-state index is -0.248. The molecule has 68 valence electrons. The van der Waals surface area contributed by atoms with Gasteiger partial charge in [-0.1, -0.05) is 18.2 Å². The summed E-state index contributed by atoms with van der Waals surface area (Å²) in [6, 6.07) is 5.78. The van der Waals surface area contributed by atoms with E-state index in [0.717, 1.165) is 11.3 Å². The Labute approximate surface area is 78.0 Å². The fraction of sp³-hybridized carbons (Fsp3) is 0.273. The normalized spacial score (nSPS) is 17.7. The van der Waals surface area contributed by atoms with Crippen molar-refractivity contribution < 1.29 is 4.74 Å². The molecule has 0 amide bonds. The number of nitrogens with two attached hydrogens (primary N) is 1. The van der Waals surface area contributed by atoms with E-state index in [4.69, 9.17) is 10.5 Å². The molecule has 0 saturated heterocycles. The van der Waals surface area contributed by atoms with Crippen LogP contribution in [0.4, 0.5) is 5.69 Å². The van der Waals surface area contributed by atoms with E-state index in [0.29, 0.717) is 5.69 Å². The Morgan fingerprint density at radius 3 is 2.85 bits per heavy atom. The molecule has 0 bridgehead atoms. The third-order valence-corrected chi connectivity index (χ3v) is 2.11. The molecule has 2 N–H and O–H groups in total. The Morgan fingerprint density at radius 2 is 2.08 bits per heavy atom. The van der Waals surface area contributed by atoms with E-state index in [1.165, 1.54) is 0 Å². The van der Waals surface area contributed by atoms with E-state index in [2.05, 4.69) is 6.08 Å². The first-order chi connectivity index (χ1) is 6.08. The predicted molar refractivity (Wildman–Crippen MR) is 54.6 cm³/mol. The number of anilines is 1. The van der Waals surface area contributed by atoms with Gasteiger partial charge in [0, 0.05) is 5.56 Å². The molecule has 0 atom stereocenters. The largest absolute Gasteiger partial charge is 0.481 e. The summed E-state index contributed by atoms with van der Waals surface area (Å²) in [6.07, 6.45) is 4.09. The van der Waals surface area contributed by atoms with Crippen LogP contribution >= 0.6 is 0 Å². The summed E-state index contributed by atoms with van der Waals surface area (Å²) >= 11 is 0. The Balaban J connectivity index is 2.54. The molecule has 0 saturated carbocycles. The highest BCUT2D eigenvalue weighted by atomic mass is 16.5. The van der Waals surface area contributed by atoms with Gasteiger partial charge in [0.25, 0.3) is 0 Å². The number of nitrogen functional groups attached to an aromatic ring is 1. The molecule has 2 heteroatoms. The predicted octanol–water partition coefficient (Wildman–Crippen LogP) is 2.45. The maximum atomic E-state index is 5.80. The number of rotatable bonds is 0. The van der Waals surface area contributed by atoms with Gasteiger partial charge in [-0.3, -0.25) is 0 Å². The monoisotopic (exact) mass is 175 g/mol. The first kappa shape index (κ1) is 8.17. The molecule has 13 heavy (non-hydrogen) atoms. The number of ether oxygens (including phenoxy) is 1. The second-order valence-electron chi connectivity index (χ2n) is 3.80. The summed E-state index contributed by atoms with van der Waals surface area (Å²) < 4.78 is 5.74. The number of benzene rings is 1. The number of fused-ring (bicyclic) bond motifs is 1. The quantitative estimate of drug-likeness (QED) is 0.615. The first-order valence-electron chi connectivity index (χ1n) is 4.35. The summed E-state index contributed by atoms with van der Waals surface area (Å²) in [4.78, 5) is 0. The second kappa shape index (κ2) is 2.52. The highest BCUT2D eigenvalue weighted by molar-refractivity contribution is 5.69. The highest BCUT2D eigenvalue weighted by Crippen LogP contribution is 2.35. The van der Waals surface area contributed by atoms with E-state index in [1.807, 2.05) is 38.1 Å². The molecular weight excluding hydrogens is 162 g/mol. The molecule has 1 aliphatic heterocycles. The summed E-state index contributed by atoms with van der Waals surface area (Å²) in [5.41, 5.74) is 7.31. The zero-order chi connectivity index (χ0) is 9.47. The Kier molecular flexibility index (Phi) is 1.59. The van der Waals surface area contributed by atoms with Crippen LogP contribution in [0.2, 0.25) is 0 Å². The maximum Gasteiger partial charge on any atom is 0.150 e. The smallest absolute Gasteiger partial charge is 0.150 e. The first-order valence-corrected chi connectivity index (χ1v) is 4.35. The third kappa shape index (κ3) is 1.39.